The van der Waals surface area contributed by atoms with Crippen LogP contribution >= 0.6 is 0 Å². The lowest BCUT2D eigenvalue weighted by atomic mass is 9.81. The first-order chi connectivity index (χ1) is 17.0. The molecule has 200 valence electrons. The monoisotopic (exact) mass is 505 g/mol. The molecule has 0 aliphatic heterocycles. The van der Waals surface area contributed by atoms with Crippen LogP contribution in [0.3, 0.4) is 0 Å². The van der Waals surface area contributed by atoms with Crippen LogP contribution in [0.1, 0.15) is 70.9 Å². The average Bonchev–Trinajstić information content (AvgIpc) is 2.84. The fourth-order valence-corrected chi connectivity index (χ4v) is 4.48. The largest absolute Gasteiger partial charge is 0.513 e. The Morgan fingerprint density at radius 1 is 1.17 bits per heavy atom. The number of hydrogen-bond acceptors (Lipinski definition) is 9. The van der Waals surface area contributed by atoms with Crippen LogP contribution < -0.4 is 0 Å². The van der Waals surface area contributed by atoms with Gasteiger partial charge in [-0.15, -0.1) is 0 Å². The van der Waals surface area contributed by atoms with Gasteiger partial charge in [0.25, 0.3) is 5.79 Å². The Morgan fingerprint density at radius 2 is 1.89 bits per heavy atom. The van der Waals surface area contributed by atoms with Gasteiger partial charge in [0.05, 0.1) is 29.6 Å². The van der Waals surface area contributed by atoms with Crippen LogP contribution in [0.15, 0.2) is 41.8 Å². The highest BCUT2D eigenvalue weighted by Gasteiger charge is 2.48. The number of carbonyl (C=O) groups is 2. The molecule has 0 bridgehead atoms. The maximum atomic E-state index is 12.9. The zero-order valence-electron chi connectivity index (χ0n) is 21.0. The Balaban J connectivity index is 2.37. The number of Topliss-reactive ketones (excluding diaryl/α,β-unsaturated/α-hetero) is 2. The van der Waals surface area contributed by atoms with Crippen LogP contribution in [-0.2, 0) is 9.59 Å². The third-order valence-corrected chi connectivity index (χ3v) is 6.74. The summed E-state index contributed by atoms with van der Waals surface area (Å²) in [4.78, 5) is 30.0. The van der Waals surface area contributed by atoms with Crippen LogP contribution in [0.25, 0.3) is 6.08 Å². The molecule has 1 heterocycles. The van der Waals surface area contributed by atoms with Crippen molar-refractivity contribution >= 4 is 17.6 Å². The van der Waals surface area contributed by atoms with Gasteiger partial charge in [0.1, 0.15) is 11.9 Å². The van der Waals surface area contributed by atoms with Gasteiger partial charge in [-0.3, -0.25) is 14.6 Å². The van der Waals surface area contributed by atoms with Crippen LogP contribution in [-0.4, -0.2) is 71.3 Å². The molecule has 1 aliphatic rings. The summed E-state index contributed by atoms with van der Waals surface area (Å²) in [6.45, 7) is 3.55. The number of rotatable bonds is 4. The molecule has 6 N–H and O–H groups in total. The lowest BCUT2D eigenvalue weighted by Gasteiger charge is -2.33. The summed E-state index contributed by atoms with van der Waals surface area (Å²) >= 11 is 0. The second kappa shape index (κ2) is 13.8. The zero-order chi connectivity index (χ0) is 26.9. The molecule has 1 aromatic rings. The summed E-state index contributed by atoms with van der Waals surface area (Å²) in [5, 5.41) is 62.8. The number of hydrogen-bond donors (Lipinski definition) is 6. The van der Waals surface area contributed by atoms with E-state index in [0.29, 0.717) is 25.0 Å². The Kier molecular flexibility index (Phi) is 11.4. The van der Waals surface area contributed by atoms with Gasteiger partial charge in [-0.2, -0.15) is 0 Å². The normalized spacial score (nSPS) is 31.0. The summed E-state index contributed by atoms with van der Waals surface area (Å²) in [6.07, 6.45) is 0.590. The van der Waals surface area contributed by atoms with E-state index in [9.17, 15) is 40.2 Å². The van der Waals surface area contributed by atoms with Gasteiger partial charge in [-0.1, -0.05) is 25.0 Å². The molecule has 1 aliphatic carbocycles. The van der Waals surface area contributed by atoms with E-state index < -0.39 is 48.0 Å². The van der Waals surface area contributed by atoms with E-state index in [1.54, 1.807) is 25.3 Å². The first-order valence-electron chi connectivity index (χ1n) is 12.5. The second-order valence-electron chi connectivity index (χ2n) is 9.67. The van der Waals surface area contributed by atoms with E-state index >= 15 is 0 Å². The van der Waals surface area contributed by atoms with Gasteiger partial charge in [-0.25, -0.2) is 0 Å². The minimum atomic E-state index is -3.26. The molecule has 0 unspecified atom stereocenters. The quantitative estimate of drug-likeness (QED) is 0.336. The lowest BCUT2D eigenvalue weighted by molar-refractivity contribution is -0.227. The Hall–Kier alpha value is -2.43. The molecular weight excluding hydrogens is 466 g/mol. The summed E-state index contributed by atoms with van der Waals surface area (Å²) < 4.78 is 0. The molecule has 0 amide bonds. The molecule has 9 nitrogen and oxygen atoms in total. The number of aliphatic hydroxyl groups is 6. The molecule has 0 fully saturated rings. The van der Waals surface area contributed by atoms with E-state index in [4.69, 9.17) is 0 Å². The summed E-state index contributed by atoms with van der Waals surface area (Å²) in [6, 6.07) is 5.42. The summed E-state index contributed by atoms with van der Waals surface area (Å²) in [5.74, 6) is -6.65. The van der Waals surface area contributed by atoms with Crippen molar-refractivity contribution in [3.8, 4) is 0 Å². The van der Waals surface area contributed by atoms with Crippen molar-refractivity contribution in [2.75, 3.05) is 0 Å². The molecule has 0 saturated heterocycles. The minimum absolute atomic E-state index is 0.0470. The van der Waals surface area contributed by atoms with Gasteiger partial charge in [0.2, 0.25) is 0 Å². The number of carbonyl (C=O) groups excluding carboxylic acids is 2. The number of nitrogens with zero attached hydrogens (tertiary/aromatic N) is 1. The van der Waals surface area contributed by atoms with Crippen LogP contribution in [0.2, 0.25) is 0 Å². The standard InChI is InChI=1S/C27H39NO8/c1-3-7-22-25(33)23(31)10-6-9-20(29)12-11-18(17(2)14-19-8-4-5-13-28-19)15-21(30)16-24(32)27(35,36)26(22)34/h4-5,8,12-14,18,22-25,29,31-33,35-36H,3,6-7,9-11,15-16H2,1-2H3/b17-14+,20-12+/t18-,22-,23+,24+,25+/m1/s1. The fourth-order valence-electron chi connectivity index (χ4n) is 4.48. The van der Waals surface area contributed by atoms with Gasteiger partial charge >= 0.3 is 0 Å². The second-order valence-corrected chi connectivity index (χ2v) is 9.67. The highest BCUT2D eigenvalue weighted by Crippen LogP contribution is 2.29. The number of ketones is 2. The summed E-state index contributed by atoms with van der Waals surface area (Å²) in [5.41, 5.74) is 1.49. The SMILES string of the molecule is CCC[C@H]1C(=O)C(O)(O)[C@@H](O)CC(=O)C[C@H](/C(C)=C/c2ccccn2)C/C=C(/O)CCC[C@H](O)[C@H]1O. The average molecular weight is 506 g/mol. The molecule has 5 atom stereocenters. The predicted octanol–water partition coefficient (Wildman–Crippen LogP) is 2.22. The minimum Gasteiger partial charge on any atom is -0.513 e. The van der Waals surface area contributed by atoms with E-state index in [2.05, 4.69) is 4.98 Å². The lowest BCUT2D eigenvalue weighted by Crippen LogP contribution is -2.55. The molecular formula is C27H39NO8. The number of aromatic nitrogens is 1. The van der Waals surface area contributed by atoms with Crippen LogP contribution in [0, 0.1) is 11.8 Å². The van der Waals surface area contributed by atoms with Crippen LogP contribution in [0.5, 0.6) is 0 Å². The zero-order valence-corrected chi connectivity index (χ0v) is 21.0. The Morgan fingerprint density at radius 3 is 2.53 bits per heavy atom. The van der Waals surface area contributed by atoms with Gasteiger partial charge in [-0.05, 0) is 62.8 Å². The molecule has 0 radical (unpaired) electrons. The highest BCUT2D eigenvalue weighted by molar-refractivity contribution is 5.90. The van der Waals surface area contributed by atoms with Crippen LogP contribution in [0.4, 0.5) is 0 Å². The van der Waals surface area contributed by atoms with E-state index in [0.717, 1.165) is 5.57 Å². The topological polar surface area (TPSA) is 168 Å². The van der Waals surface area contributed by atoms with Gasteiger partial charge in [0.15, 0.2) is 5.78 Å². The van der Waals surface area contributed by atoms with Crippen molar-refractivity contribution in [2.24, 2.45) is 11.8 Å². The van der Waals surface area contributed by atoms with Gasteiger partial charge in [0, 0.05) is 25.5 Å². The van der Waals surface area contributed by atoms with Gasteiger partial charge < -0.3 is 30.6 Å². The van der Waals surface area contributed by atoms with Crippen molar-refractivity contribution in [1.82, 2.24) is 4.98 Å². The van der Waals surface area contributed by atoms with E-state index in [1.165, 1.54) is 0 Å². The number of allylic oxidation sites excluding steroid dienone is 3. The number of pyridine rings is 1. The maximum Gasteiger partial charge on any atom is 0.251 e. The van der Waals surface area contributed by atoms with E-state index in [1.807, 2.05) is 25.1 Å². The third kappa shape index (κ3) is 8.31. The third-order valence-electron chi connectivity index (χ3n) is 6.74. The van der Waals surface area contributed by atoms with Crippen molar-refractivity contribution in [2.45, 2.75) is 89.3 Å². The molecule has 36 heavy (non-hydrogen) atoms. The maximum absolute atomic E-state index is 12.9. The molecule has 0 aromatic carbocycles. The molecule has 0 spiro atoms. The number of aliphatic hydroxyl groups excluding tert-OH is 4. The first kappa shape index (κ1) is 29.8. The smallest absolute Gasteiger partial charge is 0.251 e. The Bertz CT molecular complexity index is 927. The van der Waals surface area contributed by atoms with Crippen molar-refractivity contribution in [3.05, 3.63) is 47.5 Å². The highest BCUT2D eigenvalue weighted by atomic mass is 16.5. The predicted molar refractivity (Wildman–Crippen MR) is 133 cm³/mol. The molecule has 0 saturated carbocycles. The first-order valence-corrected chi connectivity index (χ1v) is 12.5. The Labute approximate surface area is 211 Å². The molecule has 9 heteroatoms. The van der Waals surface area contributed by atoms with Crippen molar-refractivity contribution in [3.63, 3.8) is 0 Å². The molecule has 1 aromatic heterocycles. The fraction of sp³-hybridized carbons (Fsp3) is 0.593. The van der Waals surface area contributed by atoms with Crippen molar-refractivity contribution in [1.29, 1.82) is 0 Å². The van der Waals surface area contributed by atoms with Crippen molar-refractivity contribution < 1.29 is 40.2 Å². The molecule has 2 rings (SSSR count). The summed E-state index contributed by atoms with van der Waals surface area (Å²) in [7, 11) is 0. The van der Waals surface area contributed by atoms with E-state index in [-0.39, 0.29) is 37.4 Å².